The van der Waals surface area contributed by atoms with Crippen molar-refractivity contribution in [2.45, 2.75) is 17.7 Å². The van der Waals surface area contributed by atoms with Crippen LogP contribution >= 0.6 is 23.1 Å². The maximum absolute atomic E-state index is 11.2. The molecule has 0 spiro atoms. The van der Waals surface area contributed by atoms with Crippen LogP contribution in [-0.2, 0) is 0 Å². The van der Waals surface area contributed by atoms with Gasteiger partial charge in [0.05, 0.1) is 6.61 Å². The van der Waals surface area contributed by atoms with Gasteiger partial charge >= 0.3 is 5.97 Å². The van der Waals surface area contributed by atoms with Gasteiger partial charge in [0.25, 0.3) is 0 Å². The number of rotatable bonds is 4. The number of aromatic carboxylic acids is 1. The molecule has 1 N–H and O–H groups in total. The molecule has 104 valence electrons. The van der Waals surface area contributed by atoms with Crippen molar-refractivity contribution >= 4 is 29.1 Å². The van der Waals surface area contributed by atoms with Crippen molar-refractivity contribution in [1.82, 2.24) is 0 Å². The average Bonchev–Trinajstić information content (AvgIpc) is 3.00. The van der Waals surface area contributed by atoms with E-state index < -0.39 is 5.97 Å². The summed E-state index contributed by atoms with van der Waals surface area (Å²) in [5.41, 5.74) is 1.31. The Balaban J connectivity index is 1.74. The van der Waals surface area contributed by atoms with Gasteiger partial charge < -0.3 is 9.84 Å². The van der Waals surface area contributed by atoms with Crippen LogP contribution in [-0.4, -0.2) is 23.4 Å². The van der Waals surface area contributed by atoms with Gasteiger partial charge in [-0.2, -0.15) is 0 Å². The molecule has 0 radical (unpaired) electrons. The minimum absolute atomic E-state index is 0.293. The molecule has 3 rings (SSSR count). The summed E-state index contributed by atoms with van der Waals surface area (Å²) in [7, 11) is 0. The second-order valence-electron chi connectivity index (χ2n) is 4.71. The minimum atomic E-state index is -0.917. The number of hydrogen-bond donors (Lipinski definition) is 1. The van der Waals surface area contributed by atoms with Crippen molar-refractivity contribution in [1.29, 1.82) is 0 Å². The lowest BCUT2D eigenvalue weighted by Gasteiger charge is -2.12. The number of carboxylic acid groups (broad SMARTS) is 1. The fourth-order valence-electron chi connectivity index (χ4n) is 2.30. The Morgan fingerprint density at radius 1 is 1.45 bits per heavy atom. The molecule has 1 aromatic carbocycles. The van der Waals surface area contributed by atoms with E-state index >= 15 is 0 Å². The molecule has 1 atom stereocenters. The Morgan fingerprint density at radius 3 is 3.05 bits per heavy atom. The van der Waals surface area contributed by atoms with Gasteiger partial charge in [0.15, 0.2) is 4.88 Å². The molecule has 3 nitrogen and oxygen atoms in total. The molecule has 5 heteroatoms. The summed E-state index contributed by atoms with van der Waals surface area (Å²) < 4.78 is 5.78. The zero-order chi connectivity index (χ0) is 14.1. The first-order chi connectivity index (χ1) is 9.65. The number of hydrogen-bond acceptors (Lipinski definition) is 4. The predicted octanol–water partition coefficient (Wildman–Crippen LogP) is 4.02. The van der Waals surface area contributed by atoms with E-state index in [0.29, 0.717) is 23.2 Å². The molecule has 0 fully saturated rings. The van der Waals surface area contributed by atoms with Crippen LogP contribution in [0.25, 0.3) is 0 Å². The first-order valence-corrected chi connectivity index (χ1v) is 8.13. The Morgan fingerprint density at radius 2 is 2.25 bits per heavy atom. The van der Waals surface area contributed by atoms with E-state index in [1.807, 2.05) is 36.9 Å². The summed E-state index contributed by atoms with van der Waals surface area (Å²) in [6.07, 6.45) is 0. The fourth-order valence-corrected chi connectivity index (χ4v) is 4.33. The number of fused-ring (bicyclic) bond motifs is 1. The van der Waals surface area contributed by atoms with E-state index in [1.165, 1.54) is 21.8 Å². The van der Waals surface area contributed by atoms with Gasteiger partial charge in [-0.3, -0.25) is 0 Å². The van der Waals surface area contributed by atoms with Crippen molar-refractivity contribution in [3.05, 3.63) is 45.6 Å². The van der Waals surface area contributed by atoms with Crippen LogP contribution in [0.2, 0.25) is 0 Å². The fraction of sp³-hybridized carbons (Fsp3) is 0.267. The third kappa shape index (κ3) is 2.55. The monoisotopic (exact) mass is 306 g/mol. The van der Waals surface area contributed by atoms with Crippen LogP contribution < -0.4 is 4.74 Å². The largest absolute Gasteiger partial charge is 0.491 e. The number of aryl methyl sites for hydroxylation is 1. The Hall–Kier alpha value is -1.46. The molecule has 0 bridgehead atoms. The number of carbonyl (C=O) groups is 1. The number of benzene rings is 1. The molecule has 1 unspecified atom stereocenters. The number of carboxylic acids is 1. The molecular weight excluding hydrogens is 292 g/mol. The summed E-state index contributed by atoms with van der Waals surface area (Å²) in [4.78, 5) is 13.7. The van der Waals surface area contributed by atoms with Crippen LogP contribution in [0.15, 0.2) is 35.2 Å². The summed E-state index contributed by atoms with van der Waals surface area (Å²) in [6, 6.07) is 10.1. The van der Waals surface area contributed by atoms with Gasteiger partial charge in [-0.15, -0.1) is 23.1 Å². The first kappa shape index (κ1) is 13.5. The van der Waals surface area contributed by atoms with E-state index in [4.69, 9.17) is 9.84 Å². The summed E-state index contributed by atoms with van der Waals surface area (Å²) in [5.74, 6) is 0.900. The van der Waals surface area contributed by atoms with E-state index in [1.54, 1.807) is 0 Å². The molecule has 20 heavy (non-hydrogen) atoms. The Labute approximate surface area is 125 Å². The molecule has 0 aliphatic carbocycles. The van der Waals surface area contributed by atoms with Crippen molar-refractivity contribution in [3.8, 4) is 5.75 Å². The van der Waals surface area contributed by atoms with Gasteiger partial charge in [-0.05, 0) is 24.6 Å². The molecule has 1 aromatic heterocycles. The lowest BCUT2D eigenvalue weighted by molar-refractivity contribution is 0.0698. The lowest BCUT2D eigenvalue weighted by Crippen LogP contribution is -2.10. The molecule has 2 aromatic rings. The van der Waals surface area contributed by atoms with Crippen molar-refractivity contribution in [2.75, 3.05) is 12.4 Å². The van der Waals surface area contributed by atoms with Gasteiger partial charge in [0.2, 0.25) is 0 Å². The van der Waals surface area contributed by atoms with Crippen LogP contribution in [0.3, 0.4) is 0 Å². The zero-order valence-electron chi connectivity index (χ0n) is 11.0. The standard InChI is InChI=1S/C15H14O3S2/c1-9-6-12(14(20-9)15(16)17)18-7-10-8-19-13-5-3-2-4-11(10)13/h2-6,10H,7-8H2,1H3,(H,16,17). The van der Waals surface area contributed by atoms with E-state index in [9.17, 15) is 4.79 Å². The molecule has 2 heterocycles. The summed E-state index contributed by atoms with van der Waals surface area (Å²) in [5, 5.41) is 9.16. The van der Waals surface area contributed by atoms with Crippen LogP contribution in [0.5, 0.6) is 5.75 Å². The van der Waals surface area contributed by atoms with Gasteiger partial charge in [-0.25, -0.2) is 4.79 Å². The highest BCUT2D eigenvalue weighted by Crippen LogP contribution is 2.40. The highest BCUT2D eigenvalue weighted by molar-refractivity contribution is 7.99. The van der Waals surface area contributed by atoms with E-state index in [-0.39, 0.29) is 0 Å². The lowest BCUT2D eigenvalue weighted by atomic mass is 10.0. The number of thioether (sulfide) groups is 1. The number of thiophene rings is 1. The molecule has 0 amide bonds. The summed E-state index contributed by atoms with van der Waals surface area (Å²) >= 11 is 3.09. The number of ether oxygens (including phenoxy) is 1. The molecule has 1 aliphatic rings. The van der Waals surface area contributed by atoms with E-state index in [2.05, 4.69) is 12.1 Å². The first-order valence-electron chi connectivity index (χ1n) is 6.33. The zero-order valence-corrected chi connectivity index (χ0v) is 12.6. The highest BCUT2D eigenvalue weighted by atomic mass is 32.2. The molecular formula is C15H14O3S2. The van der Waals surface area contributed by atoms with Crippen LogP contribution in [0.4, 0.5) is 0 Å². The van der Waals surface area contributed by atoms with Gasteiger partial charge in [0.1, 0.15) is 5.75 Å². The van der Waals surface area contributed by atoms with Crippen molar-refractivity contribution < 1.29 is 14.6 Å². The third-order valence-corrected chi connectivity index (χ3v) is 5.53. The topological polar surface area (TPSA) is 46.5 Å². The van der Waals surface area contributed by atoms with Crippen LogP contribution in [0.1, 0.15) is 26.0 Å². The Kier molecular flexibility index (Phi) is 3.72. The molecule has 0 saturated heterocycles. The Bertz CT molecular complexity index is 648. The van der Waals surface area contributed by atoms with Crippen molar-refractivity contribution in [2.24, 2.45) is 0 Å². The molecule has 0 saturated carbocycles. The van der Waals surface area contributed by atoms with Gasteiger partial charge in [-0.1, -0.05) is 18.2 Å². The average molecular weight is 306 g/mol. The van der Waals surface area contributed by atoms with Gasteiger partial charge in [0, 0.05) is 21.4 Å². The summed E-state index contributed by atoms with van der Waals surface area (Å²) in [6.45, 7) is 2.42. The highest BCUT2D eigenvalue weighted by Gasteiger charge is 2.24. The maximum atomic E-state index is 11.2. The van der Waals surface area contributed by atoms with Crippen molar-refractivity contribution in [3.63, 3.8) is 0 Å². The minimum Gasteiger partial charge on any atom is -0.491 e. The molecule has 1 aliphatic heterocycles. The van der Waals surface area contributed by atoms with Crippen LogP contribution in [0, 0.1) is 6.92 Å². The SMILES string of the molecule is Cc1cc(OCC2CSc3ccccc32)c(C(=O)O)s1. The predicted molar refractivity (Wildman–Crippen MR) is 81.4 cm³/mol. The smallest absolute Gasteiger partial charge is 0.349 e. The maximum Gasteiger partial charge on any atom is 0.349 e. The quantitative estimate of drug-likeness (QED) is 0.926. The van der Waals surface area contributed by atoms with E-state index in [0.717, 1.165) is 10.6 Å². The second kappa shape index (κ2) is 5.50. The normalized spacial score (nSPS) is 16.9. The second-order valence-corrected chi connectivity index (χ2v) is 7.03. The third-order valence-electron chi connectivity index (χ3n) is 3.25.